The molecule has 1 fully saturated rings. The Morgan fingerprint density at radius 3 is 2.36 bits per heavy atom. The van der Waals surface area contributed by atoms with Crippen LogP contribution < -0.4 is 10.2 Å². The maximum Gasteiger partial charge on any atom is 0.416 e. The van der Waals surface area contributed by atoms with Gasteiger partial charge in [-0.15, -0.1) is 0 Å². The summed E-state index contributed by atoms with van der Waals surface area (Å²) >= 11 is 0. The molecule has 33 heavy (non-hydrogen) atoms. The van der Waals surface area contributed by atoms with Crippen molar-refractivity contribution in [3.8, 4) is 11.1 Å². The van der Waals surface area contributed by atoms with Crippen molar-refractivity contribution in [2.75, 3.05) is 23.3 Å². The third kappa shape index (κ3) is 5.35. The molecule has 7 heteroatoms. The number of aromatic nitrogens is 1. The maximum atomic E-state index is 13.2. The second-order valence-electron chi connectivity index (χ2n) is 8.34. The van der Waals surface area contributed by atoms with E-state index in [1.165, 1.54) is 18.9 Å². The van der Waals surface area contributed by atoms with Crippen LogP contribution in [-0.2, 0) is 6.18 Å². The van der Waals surface area contributed by atoms with E-state index in [1.807, 2.05) is 12.1 Å². The molecule has 4 rings (SSSR count). The van der Waals surface area contributed by atoms with Gasteiger partial charge in [0.1, 0.15) is 5.82 Å². The lowest BCUT2D eigenvalue weighted by Gasteiger charge is -2.21. The standard InChI is InChI=1S/C26H26F3N3O/c1-18-8-6-11-22(24(18)19-9-7-10-20(16-19)26(27,28)29)25(33)31-21-12-13-23(30-17-21)32-14-4-2-3-5-15-32/h6-13,16-17H,2-5,14-15H2,1H3,(H,31,33). The minimum Gasteiger partial charge on any atom is -0.357 e. The third-order valence-electron chi connectivity index (χ3n) is 5.93. The molecule has 1 aromatic heterocycles. The van der Waals surface area contributed by atoms with E-state index in [1.54, 1.807) is 37.4 Å². The predicted octanol–water partition coefficient (Wildman–Crippen LogP) is 6.71. The lowest BCUT2D eigenvalue weighted by molar-refractivity contribution is -0.137. The van der Waals surface area contributed by atoms with Gasteiger partial charge >= 0.3 is 6.18 Å². The third-order valence-corrected chi connectivity index (χ3v) is 5.93. The van der Waals surface area contributed by atoms with E-state index in [0.717, 1.165) is 49.4 Å². The van der Waals surface area contributed by atoms with Crippen LogP contribution >= 0.6 is 0 Å². The highest BCUT2D eigenvalue weighted by Gasteiger charge is 2.31. The van der Waals surface area contributed by atoms with Crippen LogP contribution in [0.5, 0.6) is 0 Å². The zero-order valence-electron chi connectivity index (χ0n) is 18.5. The zero-order valence-corrected chi connectivity index (χ0v) is 18.5. The van der Waals surface area contributed by atoms with Crippen molar-refractivity contribution in [1.29, 1.82) is 0 Å². The van der Waals surface area contributed by atoms with Crippen molar-refractivity contribution in [3.63, 3.8) is 0 Å². The molecule has 0 unspecified atom stereocenters. The molecule has 0 spiro atoms. The van der Waals surface area contributed by atoms with Crippen LogP contribution in [0.15, 0.2) is 60.8 Å². The summed E-state index contributed by atoms with van der Waals surface area (Å²) in [5.74, 6) is 0.491. The molecule has 1 N–H and O–H groups in total. The Morgan fingerprint density at radius 2 is 1.70 bits per heavy atom. The van der Waals surface area contributed by atoms with Gasteiger partial charge in [0.2, 0.25) is 0 Å². The smallest absolute Gasteiger partial charge is 0.357 e. The van der Waals surface area contributed by atoms with Gasteiger partial charge in [0.15, 0.2) is 0 Å². The highest BCUT2D eigenvalue weighted by Crippen LogP contribution is 2.34. The first kappa shape index (κ1) is 22.8. The van der Waals surface area contributed by atoms with E-state index in [9.17, 15) is 18.0 Å². The number of aryl methyl sites for hydroxylation is 1. The van der Waals surface area contributed by atoms with Gasteiger partial charge in [-0.05, 0) is 66.8 Å². The van der Waals surface area contributed by atoms with Crippen LogP contribution in [0.3, 0.4) is 0 Å². The van der Waals surface area contributed by atoms with Crippen LogP contribution in [0.1, 0.15) is 47.2 Å². The molecule has 0 aliphatic carbocycles. The molecule has 172 valence electrons. The van der Waals surface area contributed by atoms with Gasteiger partial charge in [0.05, 0.1) is 17.4 Å². The number of amides is 1. The van der Waals surface area contributed by atoms with Crippen molar-refractivity contribution in [2.24, 2.45) is 0 Å². The zero-order chi connectivity index (χ0) is 23.4. The minimum absolute atomic E-state index is 0.311. The van der Waals surface area contributed by atoms with Crippen molar-refractivity contribution < 1.29 is 18.0 Å². The first-order valence-corrected chi connectivity index (χ1v) is 11.1. The Hall–Kier alpha value is -3.35. The average molecular weight is 454 g/mol. The lowest BCUT2D eigenvalue weighted by Crippen LogP contribution is -2.24. The molecule has 2 heterocycles. The first-order valence-electron chi connectivity index (χ1n) is 11.1. The van der Waals surface area contributed by atoms with Crippen molar-refractivity contribution in [1.82, 2.24) is 4.98 Å². The highest BCUT2D eigenvalue weighted by atomic mass is 19.4. The van der Waals surface area contributed by atoms with Gasteiger partial charge in [-0.2, -0.15) is 13.2 Å². The second-order valence-corrected chi connectivity index (χ2v) is 8.34. The Labute approximate surface area is 191 Å². The Bertz CT molecular complexity index is 1120. The monoisotopic (exact) mass is 453 g/mol. The molecular formula is C26H26F3N3O. The molecule has 2 aromatic carbocycles. The fourth-order valence-corrected chi connectivity index (χ4v) is 4.24. The summed E-state index contributed by atoms with van der Waals surface area (Å²) in [5, 5.41) is 2.84. The summed E-state index contributed by atoms with van der Waals surface area (Å²) in [4.78, 5) is 19.9. The highest BCUT2D eigenvalue weighted by molar-refractivity contribution is 6.09. The van der Waals surface area contributed by atoms with E-state index >= 15 is 0 Å². The van der Waals surface area contributed by atoms with Crippen molar-refractivity contribution in [2.45, 2.75) is 38.8 Å². The van der Waals surface area contributed by atoms with Gasteiger partial charge in [-0.1, -0.05) is 37.1 Å². The summed E-state index contributed by atoms with van der Waals surface area (Å²) in [6.07, 6.45) is 1.92. The van der Waals surface area contributed by atoms with E-state index in [2.05, 4.69) is 15.2 Å². The number of carbonyl (C=O) groups is 1. The van der Waals surface area contributed by atoms with Gasteiger partial charge in [0.25, 0.3) is 5.91 Å². The topological polar surface area (TPSA) is 45.2 Å². The predicted molar refractivity (Wildman–Crippen MR) is 124 cm³/mol. The molecular weight excluding hydrogens is 427 g/mol. The largest absolute Gasteiger partial charge is 0.416 e. The molecule has 0 atom stereocenters. The number of hydrogen-bond acceptors (Lipinski definition) is 3. The summed E-state index contributed by atoms with van der Waals surface area (Å²) in [5.41, 5.74) is 1.65. The summed E-state index contributed by atoms with van der Waals surface area (Å²) in [6, 6.07) is 13.9. The Kier molecular flexibility index (Phi) is 6.67. The fraction of sp³-hybridized carbons (Fsp3) is 0.308. The van der Waals surface area contributed by atoms with E-state index in [-0.39, 0.29) is 0 Å². The number of pyridine rings is 1. The van der Waals surface area contributed by atoms with Crippen LogP contribution in [-0.4, -0.2) is 24.0 Å². The number of nitrogens with one attached hydrogen (secondary N) is 1. The second kappa shape index (κ2) is 9.65. The summed E-state index contributed by atoms with van der Waals surface area (Å²) < 4.78 is 39.7. The molecule has 3 aromatic rings. The minimum atomic E-state index is -4.46. The van der Waals surface area contributed by atoms with Gasteiger partial charge in [0, 0.05) is 18.7 Å². The first-order chi connectivity index (χ1) is 15.8. The van der Waals surface area contributed by atoms with Crippen LogP contribution in [0.4, 0.5) is 24.7 Å². The number of nitrogens with zero attached hydrogens (tertiary/aromatic N) is 2. The molecule has 0 bridgehead atoms. The fourth-order valence-electron chi connectivity index (χ4n) is 4.24. The quantitative estimate of drug-likeness (QED) is 0.478. The average Bonchev–Trinajstić information content (AvgIpc) is 3.08. The van der Waals surface area contributed by atoms with E-state index in [0.29, 0.717) is 22.4 Å². The van der Waals surface area contributed by atoms with Crippen LogP contribution in [0, 0.1) is 6.92 Å². The molecule has 1 saturated heterocycles. The normalized spacial score (nSPS) is 14.6. The number of rotatable bonds is 4. The summed E-state index contributed by atoms with van der Waals surface area (Å²) in [7, 11) is 0. The molecule has 4 nitrogen and oxygen atoms in total. The Balaban J connectivity index is 1.58. The number of carbonyl (C=O) groups excluding carboxylic acids is 1. The van der Waals surface area contributed by atoms with Crippen LogP contribution in [0.25, 0.3) is 11.1 Å². The van der Waals surface area contributed by atoms with Gasteiger partial charge in [-0.3, -0.25) is 4.79 Å². The van der Waals surface area contributed by atoms with Crippen molar-refractivity contribution >= 4 is 17.4 Å². The maximum absolute atomic E-state index is 13.2. The van der Waals surface area contributed by atoms with Crippen molar-refractivity contribution in [3.05, 3.63) is 77.5 Å². The number of halogens is 3. The molecule has 0 saturated carbocycles. The van der Waals surface area contributed by atoms with E-state index in [4.69, 9.17) is 0 Å². The number of hydrogen-bond donors (Lipinski definition) is 1. The molecule has 1 aliphatic heterocycles. The number of anilines is 2. The number of alkyl halides is 3. The van der Waals surface area contributed by atoms with E-state index < -0.39 is 17.6 Å². The number of benzene rings is 2. The molecule has 1 aliphatic rings. The SMILES string of the molecule is Cc1cccc(C(=O)Nc2ccc(N3CCCCCC3)nc2)c1-c1cccc(C(F)(F)F)c1. The van der Waals surface area contributed by atoms with Gasteiger partial charge < -0.3 is 10.2 Å². The lowest BCUT2D eigenvalue weighted by atomic mass is 9.93. The Morgan fingerprint density at radius 1 is 0.970 bits per heavy atom. The molecule has 1 amide bonds. The summed E-state index contributed by atoms with van der Waals surface area (Å²) in [6.45, 7) is 3.73. The molecule has 0 radical (unpaired) electrons. The van der Waals surface area contributed by atoms with Gasteiger partial charge in [-0.25, -0.2) is 4.98 Å². The van der Waals surface area contributed by atoms with Crippen LogP contribution in [0.2, 0.25) is 0 Å².